The van der Waals surface area contributed by atoms with Gasteiger partial charge in [0, 0.05) is 19.0 Å². The van der Waals surface area contributed by atoms with Gasteiger partial charge in [0.25, 0.3) is 5.91 Å². The molecule has 3 rings (SSSR count). The maximum atomic E-state index is 12.8. The lowest BCUT2D eigenvalue weighted by Crippen LogP contribution is -2.30. The second kappa shape index (κ2) is 8.78. The standard InChI is InChI=1S/C22H26N2O4S/c1-5-24(6-2)21(26)18-13(3)17(22(27)28-4)20(29-18)23-19(25)16-12-15(16)14-10-8-7-9-11-14/h7-11,15-16H,5-6,12H2,1-4H3,(H,23,25)/t15-,16+/m1/s1. The zero-order valence-corrected chi connectivity index (χ0v) is 18.0. The molecule has 1 aromatic heterocycles. The van der Waals surface area contributed by atoms with Gasteiger partial charge < -0.3 is 15.0 Å². The van der Waals surface area contributed by atoms with Crippen LogP contribution >= 0.6 is 11.3 Å². The number of hydrogen-bond donors (Lipinski definition) is 1. The molecule has 7 heteroatoms. The Kier molecular flexibility index (Phi) is 6.37. The molecular formula is C22H26N2O4S. The van der Waals surface area contributed by atoms with Gasteiger partial charge in [-0.3, -0.25) is 9.59 Å². The quantitative estimate of drug-likeness (QED) is 0.693. The highest BCUT2D eigenvalue weighted by Crippen LogP contribution is 2.48. The zero-order valence-electron chi connectivity index (χ0n) is 17.2. The van der Waals surface area contributed by atoms with E-state index in [0.717, 1.165) is 23.3 Å². The van der Waals surface area contributed by atoms with Crippen LogP contribution < -0.4 is 5.32 Å². The molecule has 2 atom stereocenters. The predicted molar refractivity (Wildman–Crippen MR) is 114 cm³/mol. The fraction of sp³-hybridized carbons (Fsp3) is 0.409. The molecule has 0 bridgehead atoms. The van der Waals surface area contributed by atoms with Gasteiger partial charge in [0.15, 0.2) is 0 Å². The molecule has 1 N–H and O–H groups in total. The second-order valence-electron chi connectivity index (χ2n) is 7.08. The van der Waals surface area contributed by atoms with E-state index in [9.17, 15) is 14.4 Å². The average Bonchev–Trinajstić information content (AvgIpc) is 3.47. The molecule has 1 fully saturated rings. The smallest absolute Gasteiger partial charge is 0.341 e. The molecule has 0 saturated heterocycles. The van der Waals surface area contributed by atoms with Gasteiger partial charge in [0.2, 0.25) is 5.91 Å². The molecule has 2 aromatic rings. The van der Waals surface area contributed by atoms with E-state index >= 15 is 0 Å². The van der Waals surface area contributed by atoms with E-state index in [1.807, 2.05) is 44.2 Å². The van der Waals surface area contributed by atoms with Crippen LogP contribution in [0, 0.1) is 12.8 Å². The number of methoxy groups -OCH3 is 1. The van der Waals surface area contributed by atoms with Gasteiger partial charge >= 0.3 is 5.97 Å². The first kappa shape index (κ1) is 21.0. The Morgan fingerprint density at radius 2 is 1.83 bits per heavy atom. The van der Waals surface area contributed by atoms with Gasteiger partial charge in [-0.15, -0.1) is 11.3 Å². The molecule has 1 aliphatic carbocycles. The molecule has 0 spiro atoms. The number of thiophene rings is 1. The first-order chi connectivity index (χ1) is 13.9. The number of carbonyl (C=O) groups is 3. The topological polar surface area (TPSA) is 75.7 Å². The number of ether oxygens (including phenoxy) is 1. The van der Waals surface area contributed by atoms with Crippen LogP contribution in [-0.4, -0.2) is 42.9 Å². The van der Waals surface area contributed by atoms with Gasteiger partial charge in [-0.05, 0) is 44.2 Å². The number of anilines is 1. The Morgan fingerprint density at radius 1 is 1.17 bits per heavy atom. The minimum absolute atomic E-state index is 0.132. The Morgan fingerprint density at radius 3 is 2.41 bits per heavy atom. The highest BCUT2D eigenvalue weighted by molar-refractivity contribution is 7.18. The van der Waals surface area contributed by atoms with E-state index in [1.54, 1.807) is 11.8 Å². The molecule has 1 aliphatic rings. The van der Waals surface area contributed by atoms with E-state index in [1.165, 1.54) is 7.11 Å². The fourth-order valence-electron chi connectivity index (χ4n) is 3.57. The number of nitrogens with zero attached hydrogens (tertiary/aromatic N) is 1. The first-order valence-electron chi connectivity index (χ1n) is 9.79. The van der Waals surface area contributed by atoms with Crippen molar-refractivity contribution < 1.29 is 19.1 Å². The Labute approximate surface area is 174 Å². The summed E-state index contributed by atoms with van der Waals surface area (Å²) in [7, 11) is 1.29. The summed E-state index contributed by atoms with van der Waals surface area (Å²) in [6.07, 6.45) is 0.777. The number of benzene rings is 1. The van der Waals surface area contributed by atoms with Crippen molar-refractivity contribution >= 4 is 34.1 Å². The van der Waals surface area contributed by atoms with Crippen LogP contribution in [0.5, 0.6) is 0 Å². The fourth-order valence-corrected chi connectivity index (χ4v) is 4.73. The van der Waals surface area contributed by atoms with E-state index in [2.05, 4.69) is 5.32 Å². The summed E-state index contributed by atoms with van der Waals surface area (Å²) >= 11 is 1.14. The largest absolute Gasteiger partial charge is 0.465 e. The van der Waals surface area contributed by atoms with Crippen LogP contribution in [0.15, 0.2) is 30.3 Å². The van der Waals surface area contributed by atoms with Crippen molar-refractivity contribution in [3.05, 3.63) is 51.9 Å². The molecule has 0 aliphatic heterocycles. The summed E-state index contributed by atoms with van der Waals surface area (Å²) in [5.74, 6) is -0.769. The normalized spacial score (nSPS) is 17.5. The van der Waals surface area contributed by atoms with Crippen molar-refractivity contribution in [1.29, 1.82) is 0 Å². The Balaban J connectivity index is 1.85. The van der Waals surface area contributed by atoms with Gasteiger partial charge in [-0.2, -0.15) is 0 Å². The second-order valence-corrected chi connectivity index (χ2v) is 8.10. The van der Waals surface area contributed by atoms with Crippen molar-refractivity contribution in [2.75, 3.05) is 25.5 Å². The first-order valence-corrected chi connectivity index (χ1v) is 10.6. The van der Waals surface area contributed by atoms with Gasteiger partial charge in [-0.1, -0.05) is 30.3 Å². The van der Waals surface area contributed by atoms with Crippen molar-refractivity contribution in [2.45, 2.75) is 33.1 Å². The summed E-state index contributed by atoms with van der Waals surface area (Å²) in [6, 6.07) is 9.92. The third-order valence-electron chi connectivity index (χ3n) is 5.37. The van der Waals surface area contributed by atoms with Crippen molar-refractivity contribution in [2.24, 2.45) is 5.92 Å². The van der Waals surface area contributed by atoms with Gasteiger partial charge in [0.1, 0.15) is 5.00 Å². The number of amides is 2. The molecule has 0 unspecified atom stereocenters. The molecule has 1 saturated carbocycles. The molecular weight excluding hydrogens is 388 g/mol. The summed E-state index contributed by atoms with van der Waals surface area (Å²) in [5, 5.41) is 3.27. The van der Waals surface area contributed by atoms with Gasteiger partial charge in [-0.25, -0.2) is 4.79 Å². The highest BCUT2D eigenvalue weighted by atomic mass is 32.1. The maximum Gasteiger partial charge on any atom is 0.341 e. The lowest BCUT2D eigenvalue weighted by atomic mass is 10.1. The van der Waals surface area contributed by atoms with Crippen LogP contribution in [0.4, 0.5) is 5.00 Å². The van der Waals surface area contributed by atoms with Crippen LogP contribution in [0.2, 0.25) is 0 Å². The average molecular weight is 415 g/mol. The van der Waals surface area contributed by atoms with Crippen LogP contribution in [0.3, 0.4) is 0 Å². The highest BCUT2D eigenvalue weighted by Gasteiger charge is 2.44. The monoisotopic (exact) mass is 414 g/mol. The maximum absolute atomic E-state index is 12.8. The summed E-state index contributed by atoms with van der Waals surface area (Å²) in [5.41, 5.74) is 1.95. The number of esters is 1. The summed E-state index contributed by atoms with van der Waals surface area (Å²) in [4.78, 5) is 40.2. The van der Waals surface area contributed by atoms with Crippen LogP contribution in [0.25, 0.3) is 0 Å². The number of hydrogen-bond acceptors (Lipinski definition) is 5. The zero-order chi connectivity index (χ0) is 21.1. The molecule has 1 heterocycles. The van der Waals surface area contributed by atoms with Crippen molar-refractivity contribution in [1.82, 2.24) is 4.90 Å². The summed E-state index contributed by atoms with van der Waals surface area (Å²) < 4.78 is 4.90. The van der Waals surface area contributed by atoms with Gasteiger partial charge in [0.05, 0.1) is 17.6 Å². The molecule has 154 valence electrons. The minimum atomic E-state index is -0.553. The van der Waals surface area contributed by atoms with Crippen molar-refractivity contribution in [3.8, 4) is 0 Å². The molecule has 0 radical (unpaired) electrons. The third-order valence-corrected chi connectivity index (χ3v) is 6.57. The van der Waals surface area contributed by atoms with Crippen molar-refractivity contribution in [3.63, 3.8) is 0 Å². The Hall–Kier alpha value is -2.67. The number of rotatable bonds is 7. The lowest BCUT2D eigenvalue weighted by Gasteiger charge is -2.17. The Bertz CT molecular complexity index is 918. The lowest BCUT2D eigenvalue weighted by molar-refractivity contribution is -0.117. The van der Waals surface area contributed by atoms with E-state index in [-0.39, 0.29) is 29.2 Å². The summed E-state index contributed by atoms with van der Waals surface area (Å²) in [6.45, 7) is 6.68. The van der Waals surface area contributed by atoms with E-state index in [0.29, 0.717) is 28.5 Å². The minimum Gasteiger partial charge on any atom is -0.465 e. The van der Waals surface area contributed by atoms with E-state index in [4.69, 9.17) is 4.74 Å². The SMILES string of the molecule is CCN(CC)C(=O)c1sc(NC(=O)[C@H]2C[C@@H]2c2ccccc2)c(C(=O)OC)c1C. The van der Waals surface area contributed by atoms with Crippen LogP contribution in [-0.2, 0) is 9.53 Å². The molecule has 2 amide bonds. The molecule has 29 heavy (non-hydrogen) atoms. The molecule has 1 aromatic carbocycles. The van der Waals surface area contributed by atoms with Crippen LogP contribution in [0.1, 0.15) is 57.3 Å². The third kappa shape index (κ3) is 4.19. The molecule has 6 nitrogen and oxygen atoms in total. The number of carbonyl (C=O) groups excluding carboxylic acids is 3. The van der Waals surface area contributed by atoms with E-state index < -0.39 is 5.97 Å². The number of nitrogens with one attached hydrogen (secondary N) is 1. The predicted octanol–water partition coefficient (Wildman–Crippen LogP) is 4.07.